The number of amides is 1. The predicted molar refractivity (Wildman–Crippen MR) is 76.4 cm³/mol. The van der Waals surface area contributed by atoms with Gasteiger partial charge in [-0.2, -0.15) is 0 Å². The summed E-state index contributed by atoms with van der Waals surface area (Å²) >= 11 is 0. The lowest BCUT2D eigenvalue weighted by Crippen LogP contribution is -2.10. The average molecular weight is 269 g/mol. The molecule has 4 nitrogen and oxygen atoms in total. The van der Waals surface area contributed by atoms with Gasteiger partial charge in [0, 0.05) is 5.56 Å². The third-order valence-electron chi connectivity index (χ3n) is 3.26. The first kappa shape index (κ1) is 13.8. The lowest BCUT2D eigenvalue weighted by atomic mass is 9.97. The topological polar surface area (TPSA) is 80.4 Å². The Bertz CT molecular complexity index is 647. The van der Waals surface area contributed by atoms with E-state index in [-0.39, 0.29) is 0 Å². The summed E-state index contributed by atoms with van der Waals surface area (Å²) in [6.45, 7) is 1.64. The van der Waals surface area contributed by atoms with Gasteiger partial charge in [0.05, 0.1) is 5.92 Å². The molecule has 0 saturated carbocycles. The molecule has 0 aliphatic carbocycles. The fourth-order valence-electron chi connectivity index (χ4n) is 1.96. The zero-order valence-electron chi connectivity index (χ0n) is 11.0. The van der Waals surface area contributed by atoms with Crippen LogP contribution in [-0.4, -0.2) is 17.0 Å². The summed E-state index contributed by atoms with van der Waals surface area (Å²) in [6, 6.07) is 14.3. The van der Waals surface area contributed by atoms with Crippen LogP contribution in [0.5, 0.6) is 0 Å². The van der Waals surface area contributed by atoms with Crippen molar-refractivity contribution in [3.63, 3.8) is 0 Å². The molecule has 1 amide bonds. The smallest absolute Gasteiger partial charge is 0.310 e. The monoisotopic (exact) mass is 269 g/mol. The van der Waals surface area contributed by atoms with Gasteiger partial charge in [0.2, 0.25) is 5.91 Å². The Hall–Kier alpha value is -2.62. The minimum absolute atomic E-state index is 0.450. The predicted octanol–water partition coefficient (Wildman–Crippen LogP) is 2.64. The number of carboxylic acid groups (broad SMARTS) is 1. The summed E-state index contributed by atoms with van der Waals surface area (Å²) in [7, 11) is 0. The molecule has 0 spiro atoms. The standard InChI is InChI=1S/C16H15NO3/c1-10(16(19)20)11-5-7-12(8-6-11)13-3-2-4-14(9-13)15(17)18/h2-10H,1H3,(H2,17,18)(H,19,20). The molecule has 0 radical (unpaired) electrons. The van der Waals surface area contributed by atoms with Gasteiger partial charge < -0.3 is 10.8 Å². The molecule has 1 unspecified atom stereocenters. The van der Waals surface area contributed by atoms with Gasteiger partial charge in [-0.15, -0.1) is 0 Å². The second-order valence-electron chi connectivity index (χ2n) is 4.63. The summed E-state index contributed by atoms with van der Waals surface area (Å²) in [4.78, 5) is 22.1. The highest BCUT2D eigenvalue weighted by atomic mass is 16.4. The van der Waals surface area contributed by atoms with E-state index in [9.17, 15) is 9.59 Å². The maximum Gasteiger partial charge on any atom is 0.310 e. The first-order valence-electron chi connectivity index (χ1n) is 6.22. The summed E-state index contributed by atoms with van der Waals surface area (Å²) in [5, 5.41) is 8.97. The van der Waals surface area contributed by atoms with E-state index in [0.717, 1.165) is 16.7 Å². The highest BCUT2D eigenvalue weighted by molar-refractivity contribution is 5.94. The molecule has 4 heteroatoms. The van der Waals surface area contributed by atoms with Gasteiger partial charge in [-0.1, -0.05) is 36.4 Å². The lowest BCUT2D eigenvalue weighted by molar-refractivity contribution is -0.138. The van der Waals surface area contributed by atoms with Crippen LogP contribution in [0.4, 0.5) is 0 Å². The molecule has 0 bridgehead atoms. The van der Waals surface area contributed by atoms with E-state index in [1.165, 1.54) is 0 Å². The van der Waals surface area contributed by atoms with Crippen LogP contribution in [0.15, 0.2) is 48.5 Å². The highest BCUT2D eigenvalue weighted by Crippen LogP contribution is 2.23. The number of benzene rings is 2. The fourth-order valence-corrected chi connectivity index (χ4v) is 1.96. The molecule has 3 N–H and O–H groups in total. The van der Waals surface area contributed by atoms with Gasteiger partial charge in [0.25, 0.3) is 0 Å². The van der Waals surface area contributed by atoms with Crippen molar-refractivity contribution in [2.45, 2.75) is 12.8 Å². The van der Waals surface area contributed by atoms with Gasteiger partial charge in [-0.05, 0) is 35.7 Å². The SMILES string of the molecule is CC(C(=O)O)c1ccc(-c2cccc(C(N)=O)c2)cc1. The van der Waals surface area contributed by atoms with Gasteiger partial charge in [-0.3, -0.25) is 9.59 Å². The van der Waals surface area contributed by atoms with Crippen LogP contribution in [0.25, 0.3) is 11.1 Å². The molecule has 1 atom stereocenters. The highest BCUT2D eigenvalue weighted by Gasteiger charge is 2.13. The molecule has 20 heavy (non-hydrogen) atoms. The van der Waals surface area contributed by atoms with Crippen LogP contribution in [0.3, 0.4) is 0 Å². The Morgan fingerprint density at radius 1 is 1.05 bits per heavy atom. The van der Waals surface area contributed by atoms with E-state index in [2.05, 4.69) is 0 Å². The van der Waals surface area contributed by atoms with Gasteiger partial charge >= 0.3 is 5.97 Å². The summed E-state index contributed by atoms with van der Waals surface area (Å²) < 4.78 is 0. The molecular formula is C16H15NO3. The molecule has 0 heterocycles. The van der Waals surface area contributed by atoms with Gasteiger partial charge in [0.15, 0.2) is 0 Å². The molecule has 102 valence electrons. The quantitative estimate of drug-likeness (QED) is 0.895. The average Bonchev–Trinajstić information content (AvgIpc) is 2.46. The van der Waals surface area contributed by atoms with E-state index in [1.807, 2.05) is 18.2 Å². The van der Waals surface area contributed by atoms with E-state index in [0.29, 0.717) is 5.56 Å². The summed E-state index contributed by atoms with van der Waals surface area (Å²) in [5.41, 5.74) is 8.23. The summed E-state index contributed by atoms with van der Waals surface area (Å²) in [6.07, 6.45) is 0. The number of carbonyl (C=O) groups is 2. The first-order chi connectivity index (χ1) is 9.49. The number of nitrogens with two attached hydrogens (primary N) is 1. The number of carbonyl (C=O) groups excluding carboxylic acids is 1. The zero-order chi connectivity index (χ0) is 14.7. The third kappa shape index (κ3) is 2.85. The second kappa shape index (κ2) is 5.57. The van der Waals surface area contributed by atoms with Gasteiger partial charge in [-0.25, -0.2) is 0 Å². The largest absolute Gasteiger partial charge is 0.481 e. The number of carboxylic acids is 1. The third-order valence-corrected chi connectivity index (χ3v) is 3.26. The molecule has 0 saturated heterocycles. The molecule has 2 rings (SSSR count). The number of hydrogen-bond acceptors (Lipinski definition) is 2. The van der Waals surface area contributed by atoms with Crippen LogP contribution < -0.4 is 5.73 Å². The molecule has 0 aliphatic rings. The van der Waals surface area contributed by atoms with Crippen molar-refractivity contribution in [1.29, 1.82) is 0 Å². The molecule has 0 aliphatic heterocycles. The van der Waals surface area contributed by atoms with Crippen molar-refractivity contribution in [1.82, 2.24) is 0 Å². The molecule has 0 fully saturated rings. The van der Waals surface area contributed by atoms with Crippen LogP contribution in [0, 0.1) is 0 Å². The minimum Gasteiger partial charge on any atom is -0.481 e. The second-order valence-corrected chi connectivity index (χ2v) is 4.63. The summed E-state index contributed by atoms with van der Waals surface area (Å²) in [5.74, 6) is -1.86. The van der Waals surface area contributed by atoms with E-state index < -0.39 is 17.8 Å². The number of rotatable bonds is 4. The Balaban J connectivity index is 2.32. The van der Waals surface area contributed by atoms with Crippen molar-refractivity contribution in [2.75, 3.05) is 0 Å². The normalized spacial score (nSPS) is 11.8. The van der Waals surface area contributed by atoms with Crippen LogP contribution >= 0.6 is 0 Å². The maximum atomic E-state index is 11.2. The molecule has 2 aromatic rings. The number of aliphatic carboxylic acids is 1. The van der Waals surface area contributed by atoms with E-state index in [4.69, 9.17) is 10.8 Å². The zero-order valence-corrected chi connectivity index (χ0v) is 11.0. The Kier molecular flexibility index (Phi) is 3.84. The first-order valence-corrected chi connectivity index (χ1v) is 6.22. The van der Waals surface area contributed by atoms with E-state index >= 15 is 0 Å². The van der Waals surface area contributed by atoms with Gasteiger partial charge in [0.1, 0.15) is 0 Å². The van der Waals surface area contributed by atoms with Crippen molar-refractivity contribution in [2.24, 2.45) is 5.73 Å². The number of hydrogen-bond donors (Lipinski definition) is 2. The van der Waals surface area contributed by atoms with Crippen molar-refractivity contribution >= 4 is 11.9 Å². The molecule has 0 aromatic heterocycles. The fraction of sp³-hybridized carbons (Fsp3) is 0.125. The maximum absolute atomic E-state index is 11.2. The molecule has 2 aromatic carbocycles. The Labute approximate surface area is 116 Å². The molecular weight excluding hydrogens is 254 g/mol. The van der Waals surface area contributed by atoms with Crippen molar-refractivity contribution in [3.8, 4) is 11.1 Å². The Morgan fingerprint density at radius 3 is 2.25 bits per heavy atom. The number of primary amides is 1. The Morgan fingerprint density at radius 2 is 1.70 bits per heavy atom. The minimum atomic E-state index is -0.853. The van der Waals surface area contributed by atoms with Crippen LogP contribution in [-0.2, 0) is 4.79 Å². The van der Waals surface area contributed by atoms with Crippen molar-refractivity contribution in [3.05, 3.63) is 59.7 Å². The van der Waals surface area contributed by atoms with Crippen LogP contribution in [0.2, 0.25) is 0 Å². The van der Waals surface area contributed by atoms with E-state index in [1.54, 1.807) is 37.3 Å². The lowest BCUT2D eigenvalue weighted by Gasteiger charge is -2.08. The van der Waals surface area contributed by atoms with Crippen molar-refractivity contribution < 1.29 is 14.7 Å². The van der Waals surface area contributed by atoms with Crippen LogP contribution in [0.1, 0.15) is 28.8 Å².